The van der Waals surface area contributed by atoms with Crippen molar-refractivity contribution in [1.29, 1.82) is 0 Å². The van der Waals surface area contributed by atoms with Crippen molar-refractivity contribution in [3.63, 3.8) is 0 Å². The first-order valence-corrected chi connectivity index (χ1v) is 6.18. The number of Topliss-reactive ketones (excluding diaryl/α,β-unsaturated/α-hetero) is 1. The highest BCUT2D eigenvalue weighted by molar-refractivity contribution is 5.88. The lowest BCUT2D eigenvalue weighted by Crippen LogP contribution is -2.42. The van der Waals surface area contributed by atoms with Gasteiger partial charge in [0.05, 0.1) is 0 Å². The first kappa shape index (κ1) is 12.3. The highest BCUT2D eigenvalue weighted by Crippen LogP contribution is 2.42. The van der Waals surface area contributed by atoms with Crippen LogP contribution >= 0.6 is 0 Å². The van der Waals surface area contributed by atoms with Crippen LogP contribution in [0.3, 0.4) is 0 Å². The van der Waals surface area contributed by atoms with Crippen LogP contribution in [0.15, 0.2) is 30.3 Å². The van der Waals surface area contributed by atoms with E-state index in [2.05, 4.69) is 19.1 Å². The van der Waals surface area contributed by atoms with E-state index in [0.29, 0.717) is 12.8 Å². The Balaban J connectivity index is 2.09. The molecule has 0 N–H and O–H groups in total. The minimum Gasteiger partial charge on any atom is -0.296 e. The Morgan fingerprint density at radius 2 is 1.82 bits per heavy atom. The molecule has 2 heteroatoms. The number of alkyl halides is 1. The van der Waals surface area contributed by atoms with Crippen molar-refractivity contribution in [3.8, 4) is 0 Å². The number of ketones is 1. The predicted molar refractivity (Wildman–Crippen MR) is 66.6 cm³/mol. The second-order valence-corrected chi connectivity index (χ2v) is 5.77. The van der Waals surface area contributed by atoms with Gasteiger partial charge in [0.1, 0.15) is 0 Å². The van der Waals surface area contributed by atoms with Crippen LogP contribution in [0.1, 0.15) is 38.7 Å². The summed E-state index contributed by atoms with van der Waals surface area (Å²) in [6, 6.07) is 10.1. The van der Waals surface area contributed by atoms with Gasteiger partial charge in [0, 0.05) is 6.42 Å². The standard InChI is InChI=1S/C15H19FO/c1-14(10-12-6-4-3-5-7-12)8-9-15(2,16)13(17)11-14/h3-7H,8-11H2,1-2H3. The van der Waals surface area contributed by atoms with Gasteiger partial charge >= 0.3 is 0 Å². The van der Waals surface area contributed by atoms with Gasteiger partial charge in [0.2, 0.25) is 0 Å². The van der Waals surface area contributed by atoms with Crippen LogP contribution < -0.4 is 0 Å². The van der Waals surface area contributed by atoms with Gasteiger partial charge < -0.3 is 0 Å². The van der Waals surface area contributed by atoms with Crippen molar-refractivity contribution in [2.45, 2.75) is 45.2 Å². The second-order valence-electron chi connectivity index (χ2n) is 5.77. The lowest BCUT2D eigenvalue weighted by molar-refractivity contribution is -0.136. The first-order chi connectivity index (χ1) is 7.91. The van der Waals surface area contributed by atoms with Crippen LogP contribution in [-0.4, -0.2) is 11.5 Å². The number of carbonyl (C=O) groups is 1. The fourth-order valence-corrected chi connectivity index (χ4v) is 2.58. The second kappa shape index (κ2) is 4.25. The Kier molecular flexibility index (Phi) is 3.07. The summed E-state index contributed by atoms with van der Waals surface area (Å²) in [6.45, 7) is 3.50. The molecule has 0 spiro atoms. The lowest BCUT2D eigenvalue weighted by Gasteiger charge is -2.38. The molecule has 1 aromatic carbocycles. The summed E-state index contributed by atoms with van der Waals surface area (Å²) in [5, 5.41) is 0. The Morgan fingerprint density at radius 3 is 2.41 bits per heavy atom. The molecule has 1 nitrogen and oxygen atoms in total. The van der Waals surface area contributed by atoms with Gasteiger partial charge in [0.15, 0.2) is 11.5 Å². The topological polar surface area (TPSA) is 17.1 Å². The van der Waals surface area contributed by atoms with Crippen molar-refractivity contribution in [2.24, 2.45) is 5.41 Å². The molecule has 0 heterocycles. The molecule has 17 heavy (non-hydrogen) atoms. The van der Waals surface area contributed by atoms with Crippen LogP contribution in [0.4, 0.5) is 4.39 Å². The number of hydrogen-bond donors (Lipinski definition) is 0. The minimum absolute atomic E-state index is 0.0793. The van der Waals surface area contributed by atoms with Crippen molar-refractivity contribution in [1.82, 2.24) is 0 Å². The molecule has 1 saturated carbocycles. The molecule has 0 aromatic heterocycles. The van der Waals surface area contributed by atoms with Crippen molar-refractivity contribution in [3.05, 3.63) is 35.9 Å². The maximum Gasteiger partial charge on any atom is 0.170 e. The van der Waals surface area contributed by atoms with E-state index in [4.69, 9.17) is 0 Å². The van der Waals surface area contributed by atoms with Gasteiger partial charge in [-0.2, -0.15) is 0 Å². The van der Waals surface area contributed by atoms with E-state index in [9.17, 15) is 9.18 Å². The number of rotatable bonds is 2. The summed E-state index contributed by atoms with van der Waals surface area (Å²) in [6.07, 6.45) is 2.35. The molecular formula is C15H19FO. The first-order valence-electron chi connectivity index (χ1n) is 6.18. The van der Waals surface area contributed by atoms with Crippen molar-refractivity contribution < 1.29 is 9.18 Å². The van der Waals surface area contributed by atoms with Gasteiger partial charge in [-0.25, -0.2) is 4.39 Å². The fraction of sp³-hybridized carbons (Fsp3) is 0.533. The summed E-state index contributed by atoms with van der Waals surface area (Å²) in [4.78, 5) is 11.7. The van der Waals surface area contributed by atoms with E-state index in [0.717, 1.165) is 12.8 Å². The third-order valence-electron chi connectivity index (χ3n) is 3.84. The summed E-state index contributed by atoms with van der Waals surface area (Å²) >= 11 is 0. The summed E-state index contributed by atoms with van der Waals surface area (Å²) in [7, 11) is 0. The molecule has 92 valence electrons. The average Bonchev–Trinajstić information content (AvgIpc) is 2.26. The minimum atomic E-state index is -1.60. The van der Waals surface area contributed by atoms with E-state index < -0.39 is 5.67 Å². The molecule has 1 aliphatic rings. The van der Waals surface area contributed by atoms with Gasteiger partial charge in [-0.3, -0.25) is 4.79 Å². The predicted octanol–water partition coefficient (Wildman–Crippen LogP) is 3.72. The summed E-state index contributed by atoms with van der Waals surface area (Å²) in [5.41, 5.74) is -0.453. The number of halogens is 1. The fourth-order valence-electron chi connectivity index (χ4n) is 2.58. The highest BCUT2D eigenvalue weighted by Gasteiger charge is 2.44. The van der Waals surface area contributed by atoms with E-state index in [1.807, 2.05) is 18.2 Å². The molecule has 0 bridgehead atoms. The maximum absolute atomic E-state index is 13.8. The van der Waals surface area contributed by atoms with Gasteiger partial charge in [-0.15, -0.1) is 0 Å². The summed E-state index contributed by atoms with van der Waals surface area (Å²) < 4.78 is 13.8. The number of benzene rings is 1. The Bertz CT molecular complexity index is 410. The Labute approximate surface area is 102 Å². The van der Waals surface area contributed by atoms with Gasteiger partial charge in [-0.05, 0) is 37.2 Å². The third kappa shape index (κ3) is 2.74. The van der Waals surface area contributed by atoms with Crippen molar-refractivity contribution >= 4 is 5.78 Å². The molecule has 1 aromatic rings. The zero-order chi connectivity index (χ0) is 12.5. The van der Waals surface area contributed by atoms with Crippen molar-refractivity contribution in [2.75, 3.05) is 0 Å². The van der Waals surface area contributed by atoms with Crippen LogP contribution in [0.2, 0.25) is 0 Å². The SMILES string of the molecule is CC1(Cc2ccccc2)CCC(C)(F)C(=O)C1. The zero-order valence-corrected chi connectivity index (χ0v) is 10.5. The molecule has 2 unspecified atom stereocenters. The Morgan fingerprint density at radius 1 is 1.18 bits per heavy atom. The van der Waals surface area contributed by atoms with E-state index in [-0.39, 0.29) is 11.2 Å². The van der Waals surface area contributed by atoms with Crippen LogP contribution in [0.25, 0.3) is 0 Å². The van der Waals surface area contributed by atoms with Gasteiger partial charge in [0.25, 0.3) is 0 Å². The smallest absolute Gasteiger partial charge is 0.170 e. The van der Waals surface area contributed by atoms with E-state index >= 15 is 0 Å². The van der Waals surface area contributed by atoms with Crippen LogP contribution in [0, 0.1) is 5.41 Å². The molecule has 0 aliphatic heterocycles. The molecule has 0 amide bonds. The van der Waals surface area contributed by atoms with E-state index in [1.54, 1.807) is 0 Å². The molecule has 1 aliphatic carbocycles. The average molecular weight is 234 g/mol. The van der Waals surface area contributed by atoms with Crippen LogP contribution in [0.5, 0.6) is 0 Å². The Hall–Kier alpha value is -1.18. The summed E-state index contributed by atoms with van der Waals surface area (Å²) in [5.74, 6) is -0.234. The third-order valence-corrected chi connectivity index (χ3v) is 3.84. The number of hydrogen-bond acceptors (Lipinski definition) is 1. The largest absolute Gasteiger partial charge is 0.296 e. The quantitative estimate of drug-likeness (QED) is 0.762. The van der Waals surface area contributed by atoms with Crippen LogP contribution in [-0.2, 0) is 11.2 Å². The zero-order valence-electron chi connectivity index (χ0n) is 10.5. The molecule has 1 fully saturated rings. The monoisotopic (exact) mass is 234 g/mol. The normalized spacial score (nSPS) is 33.7. The number of carbonyl (C=O) groups excluding carboxylic acids is 1. The molecule has 0 radical (unpaired) electrons. The molecular weight excluding hydrogens is 215 g/mol. The van der Waals surface area contributed by atoms with E-state index in [1.165, 1.54) is 12.5 Å². The lowest BCUT2D eigenvalue weighted by atomic mass is 9.67. The molecule has 2 atom stereocenters. The maximum atomic E-state index is 13.8. The molecule has 2 rings (SSSR count). The molecule has 0 saturated heterocycles. The highest BCUT2D eigenvalue weighted by atomic mass is 19.1. The van der Waals surface area contributed by atoms with Gasteiger partial charge in [-0.1, -0.05) is 37.3 Å².